The third kappa shape index (κ3) is 3.55. The molecule has 0 amide bonds. The van der Waals surface area contributed by atoms with E-state index in [0.717, 1.165) is 25.3 Å². The van der Waals surface area contributed by atoms with Crippen molar-refractivity contribution in [3.8, 4) is 0 Å². The first-order valence-electron chi connectivity index (χ1n) is 4.82. The van der Waals surface area contributed by atoms with Crippen LogP contribution in [0.4, 0.5) is 0 Å². The lowest BCUT2D eigenvalue weighted by Gasteiger charge is -2.04. The Balaban J connectivity index is 2.28. The van der Waals surface area contributed by atoms with Gasteiger partial charge in [-0.1, -0.05) is 19.1 Å². The van der Waals surface area contributed by atoms with Crippen LogP contribution in [0.2, 0.25) is 0 Å². The van der Waals surface area contributed by atoms with E-state index in [1.54, 1.807) is 0 Å². The van der Waals surface area contributed by atoms with Crippen molar-refractivity contribution in [1.29, 1.82) is 0 Å². The molecule has 0 aromatic carbocycles. The maximum absolute atomic E-state index is 4.03. The van der Waals surface area contributed by atoms with Gasteiger partial charge in [-0.15, -0.1) is 5.10 Å². The van der Waals surface area contributed by atoms with Gasteiger partial charge in [0.05, 0.1) is 5.69 Å². The Morgan fingerprint density at radius 1 is 1.54 bits per heavy atom. The van der Waals surface area contributed by atoms with Gasteiger partial charge in [0.1, 0.15) is 0 Å². The second kappa shape index (κ2) is 4.97. The zero-order chi connectivity index (χ0) is 9.68. The van der Waals surface area contributed by atoms with Crippen molar-refractivity contribution in [2.24, 2.45) is 5.92 Å². The fraction of sp³-hybridized carbons (Fsp3) is 0.778. The van der Waals surface area contributed by atoms with Crippen molar-refractivity contribution in [1.82, 2.24) is 20.3 Å². The molecule has 1 N–H and O–H groups in total. The van der Waals surface area contributed by atoms with Gasteiger partial charge in [0, 0.05) is 19.3 Å². The van der Waals surface area contributed by atoms with Crippen LogP contribution in [0.5, 0.6) is 0 Å². The summed E-state index contributed by atoms with van der Waals surface area (Å²) in [6, 6.07) is 0. The fourth-order valence-corrected chi connectivity index (χ4v) is 1.06. The molecule has 0 saturated heterocycles. The molecule has 0 atom stereocenters. The molecule has 0 spiro atoms. The highest BCUT2D eigenvalue weighted by atomic mass is 15.4. The van der Waals surface area contributed by atoms with E-state index in [0.29, 0.717) is 5.92 Å². The van der Waals surface area contributed by atoms with Crippen LogP contribution < -0.4 is 5.32 Å². The molecule has 0 unspecified atom stereocenters. The summed E-state index contributed by atoms with van der Waals surface area (Å²) in [7, 11) is 0. The highest BCUT2D eigenvalue weighted by molar-refractivity contribution is 4.91. The van der Waals surface area contributed by atoms with Crippen LogP contribution in [0.25, 0.3) is 0 Å². The minimum absolute atomic E-state index is 0.682. The standard InChI is InChI=1S/C9H18N4/c1-4-13-7-9(11-12-13)6-10-5-8(2)3/h7-8,10H,4-6H2,1-3H3. The Bertz CT molecular complexity index is 242. The third-order valence-corrected chi connectivity index (χ3v) is 1.77. The van der Waals surface area contributed by atoms with Crippen molar-refractivity contribution >= 4 is 0 Å². The highest BCUT2D eigenvalue weighted by Gasteiger charge is 1.99. The van der Waals surface area contributed by atoms with Gasteiger partial charge in [0.15, 0.2) is 0 Å². The van der Waals surface area contributed by atoms with E-state index in [1.807, 2.05) is 10.9 Å². The molecular formula is C9H18N4. The monoisotopic (exact) mass is 182 g/mol. The Labute approximate surface area is 79.3 Å². The fourth-order valence-electron chi connectivity index (χ4n) is 1.06. The summed E-state index contributed by atoms with van der Waals surface area (Å²) in [5, 5.41) is 11.3. The average molecular weight is 182 g/mol. The molecule has 0 aliphatic carbocycles. The number of nitrogens with one attached hydrogen (secondary N) is 1. The van der Waals surface area contributed by atoms with Gasteiger partial charge in [-0.05, 0) is 19.4 Å². The molecule has 1 rings (SSSR count). The van der Waals surface area contributed by atoms with E-state index >= 15 is 0 Å². The lowest BCUT2D eigenvalue weighted by atomic mass is 10.2. The maximum atomic E-state index is 4.03. The van der Waals surface area contributed by atoms with E-state index in [-0.39, 0.29) is 0 Å². The van der Waals surface area contributed by atoms with Gasteiger partial charge in [-0.2, -0.15) is 0 Å². The highest BCUT2D eigenvalue weighted by Crippen LogP contribution is 1.93. The topological polar surface area (TPSA) is 42.7 Å². The van der Waals surface area contributed by atoms with Gasteiger partial charge < -0.3 is 5.32 Å². The summed E-state index contributed by atoms with van der Waals surface area (Å²) in [6.07, 6.45) is 1.98. The molecular weight excluding hydrogens is 164 g/mol. The number of hydrogen-bond donors (Lipinski definition) is 1. The second-order valence-electron chi connectivity index (χ2n) is 3.59. The van der Waals surface area contributed by atoms with E-state index in [4.69, 9.17) is 0 Å². The summed E-state index contributed by atoms with van der Waals surface area (Å²) < 4.78 is 1.84. The van der Waals surface area contributed by atoms with Crippen LogP contribution in [-0.2, 0) is 13.1 Å². The molecule has 1 aromatic rings. The van der Waals surface area contributed by atoms with Gasteiger partial charge in [-0.3, -0.25) is 4.68 Å². The number of aromatic nitrogens is 3. The predicted molar refractivity (Wildman–Crippen MR) is 52.2 cm³/mol. The number of hydrogen-bond acceptors (Lipinski definition) is 3. The van der Waals surface area contributed by atoms with Crippen LogP contribution in [0.15, 0.2) is 6.20 Å². The summed E-state index contributed by atoms with van der Waals surface area (Å²) in [4.78, 5) is 0. The molecule has 13 heavy (non-hydrogen) atoms. The van der Waals surface area contributed by atoms with Gasteiger partial charge in [0.2, 0.25) is 0 Å². The number of nitrogens with zero attached hydrogens (tertiary/aromatic N) is 3. The van der Waals surface area contributed by atoms with E-state index in [1.165, 1.54) is 0 Å². The van der Waals surface area contributed by atoms with Crippen LogP contribution >= 0.6 is 0 Å². The molecule has 1 heterocycles. The lowest BCUT2D eigenvalue weighted by Crippen LogP contribution is -2.19. The first kappa shape index (κ1) is 10.2. The SMILES string of the molecule is CCn1cc(CNCC(C)C)nn1. The summed E-state index contributed by atoms with van der Waals surface area (Å²) in [5.41, 5.74) is 1.02. The molecule has 0 bridgehead atoms. The first-order chi connectivity index (χ1) is 6.22. The van der Waals surface area contributed by atoms with E-state index in [9.17, 15) is 0 Å². The maximum Gasteiger partial charge on any atom is 0.0964 e. The van der Waals surface area contributed by atoms with E-state index < -0.39 is 0 Å². The van der Waals surface area contributed by atoms with Crippen LogP contribution in [-0.4, -0.2) is 21.5 Å². The Kier molecular flexibility index (Phi) is 3.89. The van der Waals surface area contributed by atoms with Crippen LogP contribution in [0, 0.1) is 5.92 Å². The molecule has 0 radical (unpaired) electrons. The molecule has 0 aliphatic heterocycles. The normalized spacial score (nSPS) is 11.1. The molecule has 4 nitrogen and oxygen atoms in total. The lowest BCUT2D eigenvalue weighted by molar-refractivity contribution is 0.548. The molecule has 1 aromatic heterocycles. The minimum Gasteiger partial charge on any atom is -0.311 e. The second-order valence-corrected chi connectivity index (χ2v) is 3.59. The summed E-state index contributed by atoms with van der Waals surface area (Å²) in [6.45, 7) is 9.17. The van der Waals surface area contributed by atoms with Gasteiger partial charge >= 0.3 is 0 Å². The zero-order valence-electron chi connectivity index (χ0n) is 8.62. The average Bonchev–Trinajstić information content (AvgIpc) is 2.52. The summed E-state index contributed by atoms with van der Waals surface area (Å²) >= 11 is 0. The molecule has 0 fully saturated rings. The van der Waals surface area contributed by atoms with Crippen molar-refractivity contribution in [3.63, 3.8) is 0 Å². The van der Waals surface area contributed by atoms with Crippen molar-refractivity contribution < 1.29 is 0 Å². The Morgan fingerprint density at radius 3 is 2.85 bits per heavy atom. The number of aryl methyl sites for hydroxylation is 1. The first-order valence-corrected chi connectivity index (χ1v) is 4.82. The third-order valence-electron chi connectivity index (χ3n) is 1.77. The number of rotatable bonds is 5. The van der Waals surface area contributed by atoms with Gasteiger partial charge in [-0.25, -0.2) is 0 Å². The van der Waals surface area contributed by atoms with Crippen LogP contribution in [0.1, 0.15) is 26.5 Å². The van der Waals surface area contributed by atoms with Crippen LogP contribution in [0.3, 0.4) is 0 Å². The smallest absolute Gasteiger partial charge is 0.0964 e. The quantitative estimate of drug-likeness (QED) is 0.740. The predicted octanol–water partition coefficient (Wildman–Crippen LogP) is 1.04. The molecule has 0 aliphatic rings. The Morgan fingerprint density at radius 2 is 2.31 bits per heavy atom. The zero-order valence-corrected chi connectivity index (χ0v) is 8.62. The molecule has 0 saturated carbocycles. The van der Waals surface area contributed by atoms with Crippen molar-refractivity contribution in [2.75, 3.05) is 6.54 Å². The van der Waals surface area contributed by atoms with Crippen molar-refractivity contribution in [3.05, 3.63) is 11.9 Å². The van der Waals surface area contributed by atoms with E-state index in [2.05, 4.69) is 36.4 Å². The van der Waals surface area contributed by atoms with Gasteiger partial charge in [0.25, 0.3) is 0 Å². The minimum atomic E-state index is 0.682. The molecule has 4 heteroatoms. The summed E-state index contributed by atoms with van der Waals surface area (Å²) in [5.74, 6) is 0.682. The Hall–Kier alpha value is -0.900. The largest absolute Gasteiger partial charge is 0.311 e. The van der Waals surface area contributed by atoms with Crippen molar-refractivity contribution in [2.45, 2.75) is 33.9 Å². The molecule has 74 valence electrons.